The molecule has 1 amide bonds. The number of likely N-dealkylation sites (tertiary alicyclic amines) is 1. The van der Waals surface area contributed by atoms with Crippen molar-refractivity contribution in [2.45, 2.75) is 12.1 Å². The average molecular weight is 264 g/mol. The van der Waals surface area contributed by atoms with Gasteiger partial charge in [0.25, 0.3) is 0 Å². The lowest BCUT2D eigenvalue weighted by atomic mass is 9.91. The fourth-order valence-electron chi connectivity index (χ4n) is 1.95. The van der Waals surface area contributed by atoms with Crippen LogP contribution in [0.5, 0.6) is 0 Å². The van der Waals surface area contributed by atoms with Gasteiger partial charge in [-0.2, -0.15) is 0 Å². The summed E-state index contributed by atoms with van der Waals surface area (Å²) in [5.41, 5.74) is -0.138. The normalized spacial score (nSPS) is 16.6. The number of carboxylic acids is 1. The average Bonchev–Trinajstić information content (AvgIpc) is 2.36. The molecule has 0 spiro atoms. The Balaban J connectivity index is 1.82. The molecule has 19 heavy (non-hydrogen) atoms. The van der Waals surface area contributed by atoms with Crippen molar-refractivity contribution in [3.63, 3.8) is 0 Å². The zero-order valence-corrected chi connectivity index (χ0v) is 10.6. The summed E-state index contributed by atoms with van der Waals surface area (Å²) >= 11 is 0. The predicted octanol–water partition coefficient (Wildman–Crippen LogP) is 0.682. The number of rotatable bonds is 4. The molecule has 1 fully saturated rings. The molecule has 1 aliphatic rings. The Bertz CT molecular complexity index is 469. The number of likely N-dealkylation sites (N-methyl/N-ethyl adjacent to an activating group) is 1. The minimum absolute atomic E-state index is 0.118. The lowest BCUT2D eigenvalue weighted by molar-refractivity contribution is -0.151. The van der Waals surface area contributed by atoms with Gasteiger partial charge in [0.2, 0.25) is 0 Å². The number of amides is 1. The zero-order chi connectivity index (χ0) is 13.9. The summed E-state index contributed by atoms with van der Waals surface area (Å²) in [6.45, 7) is 0.425. The smallest absolute Gasteiger partial charge is 0.410 e. The van der Waals surface area contributed by atoms with Gasteiger partial charge in [-0.05, 0) is 12.6 Å². The molecule has 0 unspecified atom stereocenters. The molecule has 2 N–H and O–H groups in total. The molecule has 0 aliphatic carbocycles. The third-order valence-corrected chi connectivity index (χ3v) is 3.27. The lowest BCUT2D eigenvalue weighted by Crippen LogP contribution is -2.73. The van der Waals surface area contributed by atoms with Crippen LogP contribution in [-0.2, 0) is 16.1 Å². The molecule has 1 saturated heterocycles. The first-order chi connectivity index (χ1) is 9.07. The fourth-order valence-corrected chi connectivity index (χ4v) is 1.95. The van der Waals surface area contributed by atoms with Crippen molar-refractivity contribution >= 4 is 12.1 Å². The van der Waals surface area contributed by atoms with Gasteiger partial charge in [0.15, 0.2) is 5.54 Å². The van der Waals surface area contributed by atoms with Gasteiger partial charge >= 0.3 is 12.1 Å². The van der Waals surface area contributed by atoms with E-state index in [1.807, 2.05) is 30.3 Å². The summed E-state index contributed by atoms with van der Waals surface area (Å²) in [5, 5.41) is 11.8. The maximum atomic E-state index is 11.7. The second-order valence-corrected chi connectivity index (χ2v) is 4.53. The van der Waals surface area contributed by atoms with Gasteiger partial charge in [-0.3, -0.25) is 4.79 Å². The first kappa shape index (κ1) is 13.4. The van der Waals surface area contributed by atoms with Crippen LogP contribution in [0, 0.1) is 0 Å². The van der Waals surface area contributed by atoms with Crippen LogP contribution >= 0.6 is 0 Å². The van der Waals surface area contributed by atoms with Gasteiger partial charge in [-0.15, -0.1) is 0 Å². The molecule has 1 aliphatic heterocycles. The quantitative estimate of drug-likeness (QED) is 0.836. The molecule has 0 saturated carbocycles. The highest BCUT2D eigenvalue weighted by Crippen LogP contribution is 2.22. The summed E-state index contributed by atoms with van der Waals surface area (Å²) < 4.78 is 5.12. The molecule has 1 aromatic carbocycles. The number of carbonyl (C=O) groups excluding carboxylic acids is 1. The second kappa shape index (κ2) is 5.27. The first-order valence-corrected chi connectivity index (χ1v) is 5.95. The van der Waals surface area contributed by atoms with Crippen LogP contribution < -0.4 is 5.32 Å². The largest absolute Gasteiger partial charge is 0.480 e. The number of hydrogen-bond acceptors (Lipinski definition) is 4. The number of ether oxygens (including phenoxy) is 1. The van der Waals surface area contributed by atoms with Crippen molar-refractivity contribution < 1.29 is 19.4 Å². The van der Waals surface area contributed by atoms with Crippen LogP contribution in [0.4, 0.5) is 4.79 Å². The number of aliphatic carboxylic acids is 1. The highest BCUT2D eigenvalue weighted by Gasteiger charge is 2.51. The van der Waals surface area contributed by atoms with E-state index in [2.05, 4.69) is 5.32 Å². The molecular weight excluding hydrogens is 248 g/mol. The number of hydrogen-bond donors (Lipinski definition) is 2. The Hall–Kier alpha value is -2.08. The van der Waals surface area contributed by atoms with Crippen LogP contribution in [0.15, 0.2) is 30.3 Å². The molecule has 1 aromatic rings. The minimum atomic E-state index is -1.04. The number of carboxylic acid groups (broad SMARTS) is 1. The molecule has 102 valence electrons. The van der Waals surface area contributed by atoms with E-state index in [4.69, 9.17) is 9.84 Å². The van der Waals surface area contributed by atoms with Gasteiger partial charge in [-0.25, -0.2) is 4.79 Å². The summed E-state index contributed by atoms with van der Waals surface area (Å²) in [4.78, 5) is 24.1. The SMILES string of the molecule is CNC1(C(=O)O)CN(C(=O)OCc2ccccc2)C1. The Labute approximate surface area is 111 Å². The summed E-state index contributed by atoms with van der Waals surface area (Å²) in [5.74, 6) is -0.956. The Kier molecular flexibility index (Phi) is 3.71. The van der Waals surface area contributed by atoms with E-state index in [-0.39, 0.29) is 19.7 Å². The van der Waals surface area contributed by atoms with Crippen LogP contribution in [0.3, 0.4) is 0 Å². The lowest BCUT2D eigenvalue weighted by Gasteiger charge is -2.45. The molecule has 2 rings (SSSR count). The van der Waals surface area contributed by atoms with Crippen molar-refractivity contribution in [3.8, 4) is 0 Å². The minimum Gasteiger partial charge on any atom is -0.480 e. The molecule has 1 heterocycles. The van der Waals surface area contributed by atoms with E-state index >= 15 is 0 Å². The molecule has 6 heteroatoms. The number of carbonyl (C=O) groups is 2. The standard InChI is InChI=1S/C13H16N2O4/c1-14-13(11(16)17)8-15(9-13)12(18)19-7-10-5-3-2-4-6-10/h2-6,14H,7-9H2,1H3,(H,16,17). The monoisotopic (exact) mass is 264 g/mol. The summed E-state index contributed by atoms with van der Waals surface area (Å²) in [7, 11) is 1.57. The fraction of sp³-hybridized carbons (Fsp3) is 0.385. The van der Waals surface area contributed by atoms with E-state index in [0.29, 0.717) is 0 Å². The third-order valence-electron chi connectivity index (χ3n) is 3.27. The Morgan fingerprint density at radius 3 is 2.53 bits per heavy atom. The molecule has 0 atom stereocenters. The number of benzene rings is 1. The molecule has 0 aromatic heterocycles. The van der Waals surface area contributed by atoms with Gasteiger partial charge in [0.05, 0.1) is 13.1 Å². The van der Waals surface area contributed by atoms with Crippen molar-refractivity contribution in [2.24, 2.45) is 0 Å². The van der Waals surface area contributed by atoms with Crippen LogP contribution in [-0.4, -0.2) is 47.7 Å². The first-order valence-electron chi connectivity index (χ1n) is 5.95. The summed E-state index contributed by atoms with van der Waals surface area (Å²) in [6.07, 6.45) is -0.490. The van der Waals surface area contributed by atoms with Crippen molar-refractivity contribution in [3.05, 3.63) is 35.9 Å². The van der Waals surface area contributed by atoms with E-state index in [1.165, 1.54) is 4.90 Å². The Morgan fingerprint density at radius 1 is 1.37 bits per heavy atom. The highest BCUT2D eigenvalue weighted by atomic mass is 16.6. The zero-order valence-electron chi connectivity index (χ0n) is 10.6. The third kappa shape index (κ3) is 2.68. The van der Waals surface area contributed by atoms with Crippen LogP contribution in [0.2, 0.25) is 0 Å². The maximum absolute atomic E-state index is 11.7. The van der Waals surface area contributed by atoms with Gasteiger partial charge in [0, 0.05) is 0 Å². The Morgan fingerprint density at radius 2 is 2.00 bits per heavy atom. The molecular formula is C13H16N2O4. The van der Waals surface area contributed by atoms with Crippen LogP contribution in [0.1, 0.15) is 5.56 Å². The van der Waals surface area contributed by atoms with Gasteiger partial charge < -0.3 is 20.1 Å². The van der Waals surface area contributed by atoms with Crippen molar-refractivity contribution in [2.75, 3.05) is 20.1 Å². The van der Waals surface area contributed by atoms with E-state index < -0.39 is 17.6 Å². The molecule has 0 radical (unpaired) electrons. The number of nitrogens with zero attached hydrogens (tertiary/aromatic N) is 1. The van der Waals surface area contributed by atoms with Crippen LogP contribution in [0.25, 0.3) is 0 Å². The molecule has 0 bridgehead atoms. The maximum Gasteiger partial charge on any atom is 0.410 e. The topological polar surface area (TPSA) is 78.9 Å². The van der Waals surface area contributed by atoms with E-state index in [0.717, 1.165) is 5.56 Å². The van der Waals surface area contributed by atoms with Crippen molar-refractivity contribution in [1.82, 2.24) is 10.2 Å². The highest BCUT2D eigenvalue weighted by molar-refractivity contribution is 5.84. The summed E-state index contributed by atoms with van der Waals surface area (Å²) in [6, 6.07) is 9.33. The van der Waals surface area contributed by atoms with Crippen molar-refractivity contribution in [1.29, 1.82) is 0 Å². The van der Waals surface area contributed by atoms with Gasteiger partial charge in [0.1, 0.15) is 6.61 Å². The number of nitrogens with one attached hydrogen (secondary N) is 1. The van der Waals surface area contributed by atoms with Gasteiger partial charge in [-0.1, -0.05) is 30.3 Å². The molecule has 6 nitrogen and oxygen atoms in total. The second-order valence-electron chi connectivity index (χ2n) is 4.53. The van der Waals surface area contributed by atoms with E-state index in [1.54, 1.807) is 7.05 Å². The predicted molar refractivity (Wildman–Crippen MR) is 67.6 cm³/mol. The van der Waals surface area contributed by atoms with E-state index in [9.17, 15) is 9.59 Å².